The van der Waals surface area contributed by atoms with E-state index < -0.39 is 18.4 Å². The van der Waals surface area contributed by atoms with E-state index in [9.17, 15) is 0 Å². The van der Waals surface area contributed by atoms with Crippen molar-refractivity contribution in [3.63, 3.8) is 0 Å². The van der Waals surface area contributed by atoms with E-state index in [1.54, 1.807) is 7.11 Å². The molecule has 0 aromatic heterocycles. The van der Waals surface area contributed by atoms with E-state index in [-0.39, 0.29) is 6.10 Å². The van der Waals surface area contributed by atoms with Gasteiger partial charge in [-0.3, -0.25) is 0 Å². The summed E-state index contributed by atoms with van der Waals surface area (Å²) in [5.74, 6) is 1.21. The Labute approximate surface area is 197 Å². The molecule has 0 bridgehead atoms. The van der Waals surface area contributed by atoms with Crippen LogP contribution in [0.15, 0.2) is 46.6 Å². The molecule has 0 aliphatic rings. The summed E-state index contributed by atoms with van der Waals surface area (Å²) >= 11 is -2.32. The topological polar surface area (TPSA) is 18.5 Å². The first-order chi connectivity index (χ1) is 14.9. The minimum atomic E-state index is -2.32. The van der Waals surface area contributed by atoms with Gasteiger partial charge in [-0.15, -0.1) is 0 Å². The second kappa shape index (κ2) is 16.0. The molecule has 0 spiro atoms. The van der Waals surface area contributed by atoms with Crippen LogP contribution in [0.2, 0.25) is 13.3 Å². The fourth-order valence-corrected chi connectivity index (χ4v) is 18.4. The minimum absolute atomic E-state index is 0.0977. The van der Waals surface area contributed by atoms with Crippen LogP contribution in [0, 0.1) is 5.92 Å². The van der Waals surface area contributed by atoms with Crippen LogP contribution in [-0.2, 0) is 11.3 Å². The van der Waals surface area contributed by atoms with Crippen LogP contribution in [0.4, 0.5) is 0 Å². The van der Waals surface area contributed by atoms with E-state index in [1.807, 2.05) is 12.1 Å². The van der Waals surface area contributed by atoms with Gasteiger partial charge in [0.2, 0.25) is 0 Å². The number of unbranched alkanes of at least 4 members (excludes halogenated alkanes) is 3. The van der Waals surface area contributed by atoms with Crippen molar-refractivity contribution >= 4 is 18.4 Å². The first kappa shape index (κ1) is 28.3. The molecule has 176 valence electrons. The molecule has 0 saturated heterocycles. The van der Waals surface area contributed by atoms with Crippen LogP contribution in [0.5, 0.6) is 5.75 Å². The van der Waals surface area contributed by atoms with Crippen molar-refractivity contribution < 1.29 is 9.47 Å². The van der Waals surface area contributed by atoms with E-state index in [0.29, 0.717) is 12.5 Å². The number of methoxy groups -OCH3 is 1. The summed E-state index contributed by atoms with van der Waals surface area (Å²) in [7, 11) is 1.70. The van der Waals surface area contributed by atoms with Crippen molar-refractivity contribution in [3.05, 3.63) is 52.1 Å². The Bertz CT molecular complexity index is 613. The van der Waals surface area contributed by atoms with Gasteiger partial charge in [-0.25, -0.2) is 0 Å². The van der Waals surface area contributed by atoms with Gasteiger partial charge in [0.25, 0.3) is 0 Å². The summed E-state index contributed by atoms with van der Waals surface area (Å²) in [6.07, 6.45) is 10.7. The Morgan fingerprint density at radius 3 is 1.90 bits per heavy atom. The Hall–Kier alpha value is -0.741. The van der Waals surface area contributed by atoms with Crippen LogP contribution >= 0.6 is 0 Å². The summed E-state index contributed by atoms with van der Waals surface area (Å²) < 4.78 is 19.0. The zero-order chi connectivity index (χ0) is 23.1. The van der Waals surface area contributed by atoms with Crippen molar-refractivity contribution in [2.45, 2.75) is 99.2 Å². The van der Waals surface area contributed by atoms with Crippen LogP contribution < -0.4 is 4.74 Å². The summed E-state index contributed by atoms with van der Waals surface area (Å²) in [6, 6.07) is 8.21. The molecule has 3 heteroatoms. The van der Waals surface area contributed by atoms with Gasteiger partial charge < -0.3 is 0 Å². The molecule has 0 amide bonds. The first-order valence-corrected chi connectivity index (χ1v) is 20.2. The van der Waals surface area contributed by atoms with Crippen molar-refractivity contribution in [2.75, 3.05) is 7.11 Å². The zero-order valence-corrected chi connectivity index (χ0v) is 24.1. The Kier molecular flexibility index (Phi) is 14.6. The average molecular weight is 535 g/mol. The van der Waals surface area contributed by atoms with E-state index in [4.69, 9.17) is 9.47 Å². The quantitative estimate of drug-likeness (QED) is 0.147. The second-order valence-corrected chi connectivity index (χ2v) is 22.3. The monoisotopic (exact) mass is 536 g/mol. The summed E-state index contributed by atoms with van der Waals surface area (Å²) in [5, 5.41) is 0. The molecule has 0 N–H and O–H groups in total. The van der Waals surface area contributed by atoms with Gasteiger partial charge in [0.1, 0.15) is 0 Å². The number of ether oxygens (including phenoxy) is 2. The molecule has 0 fully saturated rings. The third-order valence-electron chi connectivity index (χ3n) is 6.60. The van der Waals surface area contributed by atoms with E-state index >= 15 is 0 Å². The van der Waals surface area contributed by atoms with Gasteiger partial charge in [0.15, 0.2) is 0 Å². The van der Waals surface area contributed by atoms with Crippen LogP contribution in [-0.4, -0.2) is 31.6 Å². The second-order valence-electron chi connectivity index (χ2n) is 9.29. The molecular formula is C28H48O2Sn. The molecule has 0 heterocycles. The Morgan fingerprint density at radius 2 is 1.48 bits per heavy atom. The number of benzene rings is 1. The predicted octanol–water partition coefficient (Wildman–Crippen LogP) is 8.74. The maximum atomic E-state index is 6.48. The standard InChI is InChI=1S/C16H21O2.3C4H9.Sn/c1-6-16(13(4)12(2)3)18-11-14-7-9-15(17-5)10-8-14;3*1-3-4-2;/h1,6-10,13,16H,2,11H2,3-5H3;3*1,3-4H2,2H3;/t13-,16+;;;;/m1..../s1. The predicted molar refractivity (Wildman–Crippen MR) is 140 cm³/mol. The van der Waals surface area contributed by atoms with Crippen LogP contribution in [0.25, 0.3) is 0 Å². The summed E-state index contributed by atoms with van der Waals surface area (Å²) in [6.45, 7) is 16.3. The van der Waals surface area contributed by atoms with Gasteiger partial charge in [-0.1, -0.05) is 0 Å². The van der Waals surface area contributed by atoms with E-state index in [1.165, 1.54) is 63.0 Å². The Morgan fingerprint density at radius 1 is 0.968 bits per heavy atom. The van der Waals surface area contributed by atoms with Crippen molar-refractivity contribution in [2.24, 2.45) is 5.92 Å². The molecule has 2 atom stereocenters. The molecule has 2 nitrogen and oxygen atoms in total. The number of rotatable bonds is 17. The zero-order valence-electron chi connectivity index (χ0n) is 21.2. The third-order valence-corrected chi connectivity index (χ3v) is 20.7. The number of hydrogen-bond acceptors (Lipinski definition) is 2. The van der Waals surface area contributed by atoms with Crippen LogP contribution in [0.1, 0.15) is 78.7 Å². The van der Waals surface area contributed by atoms with Gasteiger partial charge in [0, 0.05) is 0 Å². The number of hydrogen-bond donors (Lipinski definition) is 0. The van der Waals surface area contributed by atoms with Gasteiger partial charge >= 0.3 is 198 Å². The molecule has 1 aromatic carbocycles. The van der Waals surface area contributed by atoms with Crippen molar-refractivity contribution in [3.8, 4) is 5.75 Å². The van der Waals surface area contributed by atoms with E-state index in [2.05, 4.69) is 63.5 Å². The van der Waals surface area contributed by atoms with Crippen molar-refractivity contribution in [1.29, 1.82) is 0 Å². The Balaban J connectivity index is 3.04. The SMILES string of the molecule is C=C(C)[C@@H](C)[C@H](/C=[CH]/[Sn]([CH2]CCC)([CH2]CCC)[CH2]CCC)OCc1ccc(OC)cc1. The fourth-order valence-electron chi connectivity index (χ4n) is 4.07. The molecule has 1 aromatic rings. The molecule has 1 rings (SSSR count). The molecule has 0 aliphatic heterocycles. The molecule has 0 radical (unpaired) electrons. The van der Waals surface area contributed by atoms with Gasteiger partial charge in [0.05, 0.1) is 0 Å². The van der Waals surface area contributed by atoms with Gasteiger partial charge in [-0.05, 0) is 0 Å². The van der Waals surface area contributed by atoms with Gasteiger partial charge in [-0.2, -0.15) is 0 Å². The fraction of sp³-hybridized carbons (Fsp3) is 0.643. The average Bonchev–Trinajstić information content (AvgIpc) is 2.79. The molecular weight excluding hydrogens is 487 g/mol. The summed E-state index contributed by atoms with van der Waals surface area (Å²) in [5.41, 5.74) is 2.38. The van der Waals surface area contributed by atoms with Crippen molar-refractivity contribution in [1.82, 2.24) is 0 Å². The first-order valence-electron chi connectivity index (χ1n) is 12.5. The third kappa shape index (κ3) is 10.6. The summed E-state index contributed by atoms with van der Waals surface area (Å²) in [4.78, 5) is 0. The molecule has 0 saturated carbocycles. The molecule has 0 unspecified atom stereocenters. The molecule has 31 heavy (non-hydrogen) atoms. The molecule has 0 aliphatic carbocycles. The van der Waals surface area contributed by atoms with E-state index in [0.717, 1.165) is 5.75 Å². The maximum absolute atomic E-state index is 6.48. The van der Waals surface area contributed by atoms with Crippen LogP contribution in [0.3, 0.4) is 0 Å². The normalized spacial score (nSPS) is 14.0.